The first kappa shape index (κ1) is 11.5. The van der Waals surface area contributed by atoms with Crippen LogP contribution < -0.4 is 10.5 Å². The molecule has 2 aromatic rings. The molecule has 0 amide bonds. The van der Waals surface area contributed by atoms with E-state index in [0.29, 0.717) is 18.2 Å². The summed E-state index contributed by atoms with van der Waals surface area (Å²) in [6.07, 6.45) is 1.67. The van der Waals surface area contributed by atoms with Crippen molar-refractivity contribution in [3.05, 3.63) is 53.5 Å². The Hall–Kier alpha value is -1.94. The van der Waals surface area contributed by atoms with E-state index in [1.165, 1.54) is 12.1 Å². The van der Waals surface area contributed by atoms with E-state index in [-0.39, 0.29) is 5.82 Å². The van der Waals surface area contributed by atoms with E-state index in [9.17, 15) is 4.39 Å². The van der Waals surface area contributed by atoms with Crippen LogP contribution in [-0.4, -0.2) is 4.98 Å². The number of aryl methyl sites for hydroxylation is 1. The lowest BCUT2D eigenvalue weighted by atomic mass is 10.1. The van der Waals surface area contributed by atoms with E-state index < -0.39 is 0 Å². The fourth-order valence-electron chi connectivity index (χ4n) is 1.48. The summed E-state index contributed by atoms with van der Waals surface area (Å²) in [6.45, 7) is 2.38. The fourth-order valence-corrected chi connectivity index (χ4v) is 1.48. The highest BCUT2D eigenvalue weighted by molar-refractivity contribution is 5.32. The quantitative estimate of drug-likeness (QED) is 0.885. The van der Waals surface area contributed by atoms with Crippen LogP contribution in [0.3, 0.4) is 0 Å². The van der Waals surface area contributed by atoms with Crippen molar-refractivity contribution in [1.29, 1.82) is 0 Å². The largest absolute Gasteiger partial charge is 0.439 e. The highest BCUT2D eigenvalue weighted by Crippen LogP contribution is 2.21. The number of aromatic nitrogens is 1. The van der Waals surface area contributed by atoms with Crippen LogP contribution in [-0.2, 0) is 6.54 Å². The number of pyridine rings is 1. The van der Waals surface area contributed by atoms with Crippen LogP contribution in [0.25, 0.3) is 0 Å². The van der Waals surface area contributed by atoms with Crippen LogP contribution >= 0.6 is 0 Å². The number of nitrogens with two attached hydrogens (primary N) is 1. The van der Waals surface area contributed by atoms with E-state index in [1.807, 2.05) is 6.92 Å². The molecule has 0 unspecified atom stereocenters. The maximum atomic E-state index is 13.0. The third-order valence-electron chi connectivity index (χ3n) is 2.43. The molecule has 0 aliphatic carbocycles. The topological polar surface area (TPSA) is 48.1 Å². The second-order valence-electron chi connectivity index (χ2n) is 3.71. The van der Waals surface area contributed by atoms with Gasteiger partial charge in [0.25, 0.3) is 0 Å². The first-order valence-corrected chi connectivity index (χ1v) is 5.28. The van der Waals surface area contributed by atoms with E-state index in [4.69, 9.17) is 10.5 Å². The number of ether oxygens (including phenoxy) is 1. The summed E-state index contributed by atoms with van der Waals surface area (Å²) < 4.78 is 18.4. The molecule has 1 aromatic heterocycles. The van der Waals surface area contributed by atoms with Crippen molar-refractivity contribution in [3.63, 3.8) is 0 Å². The predicted molar refractivity (Wildman–Crippen MR) is 63.3 cm³/mol. The van der Waals surface area contributed by atoms with Crippen molar-refractivity contribution in [2.24, 2.45) is 5.73 Å². The highest BCUT2D eigenvalue weighted by Gasteiger charge is 2.03. The van der Waals surface area contributed by atoms with Crippen molar-refractivity contribution in [3.8, 4) is 11.6 Å². The Kier molecular flexibility index (Phi) is 3.35. The van der Waals surface area contributed by atoms with Crippen LogP contribution in [0.5, 0.6) is 11.6 Å². The lowest BCUT2D eigenvalue weighted by Crippen LogP contribution is -2.00. The number of hydrogen-bond donors (Lipinski definition) is 1. The predicted octanol–water partition coefficient (Wildman–Crippen LogP) is 2.78. The molecule has 0 fully saturated rings. The number of rotatable bonds is 3. The molecule has 0 radical (unpaired) electrons. The Morgan fingerprint density at radius 2 is 2.18 bits per heavy atom. The van der Waals surface area contributed by atoms with Gasteiger partial charge < -0.3 is 10.5 Å². The SMILES string of the molecule is Cc1cc(Oc2cccc(F)c2)ncc1CN. The molecule has 3 nitrogen and oxygen atoms in total. The molecule has 2 rings (SSSR count). The van der Waals surface area contributed by atoms with Gasteiger partial charge in [-0.15, -0.1) is 0 Å². The third-order valence-corrected chi connectivity index (χ3v) is 2.43. The van der Waals surface area contributed by atoms with Crippen LogP contribution in [0.1, 0.15) is 11.1 Å². The first-order valence-electron chi connectivity index (χ1n) is 5.28. The molecule has 0 bridgehead atoms. The molecular formula is C13H13FN2O. The third kappa shape index (κ3) is 2.79. The average molecular weight is 232 g/mol. The van der Waals surface area contributed by atoms with E-state index >= 15 is 0 Å². The maximum absolute atomic E-state index is 13.0. The van der Waals surface area contributed by atoms with Gasteiger partial charge in [-0.3, -0.25) is 0 Å². The van der Waals surface area contributed by atoms with Gasteiger partial charge in [0.2, 0.25) is 5.88 Å². The molecule has 0 aliphatic rings. The molecule has 0 saturated carbocycles. The van der Waals surface area contributed by atoms with Crippen LogP contribution in [0, 0.1) is 12.7 Å². The smallest absolute Gasteiger partial charge is 0.219 e. The lowest BCUT2D eigenvalue weighted by Gasteiger charge is -2.07. The van der Waals surface area contributed by atoms with Crippen molar-refractivity contribution in [2.45, 2.75) is 13.5 Å². The fraction of sp³-hybridized carbons (Fsp3) is 0.154. The monoisotopic (exact) mass is 232 g/mol. The van der Waals surface area contributed by atoms with Crippen molar-refractivity contribution in [1.82, 2.24) is 4.98 Å². The van der Waals surface area contributed by atoms with Gasteiger partial charge in [-0.2, -0.15) is 0 Å². The first-order chi connectivity index (χ1) is 8.19. The minimum Gasteiger partial charge on any atom is -0.439 e. The summed E-state index contributed by atoms with van der Waals surface area (Å²) in [5.41, 5.74) is 7.52. The molecule has 0 aliphatic heterocycles. The molecule has 0 atom stereocenters. The molecule has 1 heterocycles. The van der Waals surface area contributed by atoms with Gasteiger partial charge in [-0.1, -0.05) is 6.07 Å². The Bertz CT molecular complexity index is 529. The zero-order valence-corrected chi connectivity index (χ0v) is 9.48. The summed E-state index contributed by atoms with van der Waals surface area (Å²) >= 11 is 0. The van der Waals surface area contributed by atoms with Crippen LogP contribution in [0.2, 0.25) is 0 Å². The highest BCUT2D eigenvalue weighted by atomic mass is 19.1. The van der Waals surface area contributed by atoms with Gasteiger partial charge in [-0.25, -0.2) is 9.37 Å². The minimum absolute atomic E-state index is 0.335. The van der Waals surface area contributed by atoms with E-state index in [1.54, 1.807) is 24.4 Å². The zero-order valence-electron chi connectivity index (χ0n) is 9.48. The van der Waals surface area contributed by atoms with Gasteiger partial charge in [-0.05, 0) is 30.2 Å². The number of hydrogen-bond acceptors (Lipinski definition) is 3. The lowest BCUT2D eigenvalue weighted by molar-refractivity contribution is 0.457. The van der Waals surface area contributed by atoms with Crippen molar-refractivity contribution >= 4 is 0 Å². The molecule has 17 heavy (non-hydrogen) atoms. The number of benzene rings is 1. The van der Waals surface area contributed by atoms with Gasteiger partial charge in [0.1, 0.15) is 11.6 Å². The van der Waals surface area contributed by atoms with Gasteiger partial charge in [0.05, 0.1) is 0 Å². The Morgan fingerprint density at radius 3 is 2.82 bits per heavy atom. The van der Waals surface area contributed by atoms with Gasteiger partial charge >= 0.3 is 0 Å². The molecule has 2 N–H and O–H groups in total. The van der Waals surface area contributed by atoms with Crippen LogP contribution in [0.15, 0.2) is 36.5 Å². The molecule has 1 aromatic carbocycles. The van der Waals surface area contributed by atoms with Crippen molar-refractivity contribution in [2.75, 3.05) is 0 Å². The van der Waals surface area contributed by atoms with E-state index in [2.05, 4.69) is 4.98 Å². The average Bonchev–Trinajstić information content (AvgIpc) is 2.29. The Morgan fingerprint density at radius 1 is 1.35 bits per heavy atom. The van der Waals surface area contributed by atoms with Crippen LogP contribution in [0.4, 0.5) is 4.39 Å². The summed E-state index contributed by atoms with van der Waals surface area (Å²) in [7, 11) is 0. The summed E-state index contributed by atoms with van der Waals surface area (Å²) in [5, 5.41) is 0. The minimum atomic E-state index is -0.335. The molecule has 88 valence electrons. The standard InChI is InChI=1S/C13H13FN2O/c1-9-5-13(16-8-10(9)7-15)17-12-4-2-3-11(14)6-12/h2-6,8H,7,15H2,1H3. The van der Waals surface area contributed by atoms with Crippen molar-refractivity contribution < 1.29 is 9.13 Å². The Labute approximate surface area is 99.1 Å². The van der Waals surface area contributed by atoms with Gasteiger partial charge in [0, 0.05) is 24.9 Å². The number of nitrogens with zero attached hydrogens (tertiary/aromatic N) is 1. The second-order valence-corrected chi connectivity index (χ2v) is 3.71. The maximum Gasteiger partial charge on any atom is 0.219 e. The zero-order chi connectivity index (χ0) is 12.3. The molecule has 0 saturated heterocycles. The molecular weight excluding hydrogens is 219 g/mol. The summed E-state index contributed by atoms with van der Waals surface area (Å²) in [6, 6.07) is 7.73. The number of halogens is 1. The molecule has 0 spiro atoms. The molecule has 4 heteroatoms. The summed E-state index contributed by atoms with van der Waals surface area (Å²) in [4.78, 5) is 4.11. The summed E-state index contributed by atoms with van der Waals surface area (Å²) in [5.74, 6) is 0.528. The normalized spacial score (nSPS) is 10.3. The van der Waals surface area contributed by atoms with E-state index in [0.717, 1.165) is 11.1 Å². The second kappa shape index (κ2) is 4.93. The van der Waals surface area contributed by atoms with Gasteiger partial charge in [0.15, 0.2) is 0 Å². The Balaban J connectivity index is 2.22.